The van der Waals surface area contributed by atoms with Gasteiger partial charge in [-0.2, -0.15) is 20.6 Å². The van der Waals surface area contributed by atoms with Gasteiger partial charge >= 0.3 is 11.9 Å². The Bertz CT molecular complexity index is 2290. The number of nitrogens with zero attached hydrogens (tertiary/aromatic N) is 7. The number of nitrogen functional groups attached to an aromatic ring is 2. The predicted octanol–water partition coefficient (Wildman–Crippen LogP) is 5.03. The first-order valence-corrected chi connectivity index (χ1v) is 17.8. The number of anilines is 2. The minimum absolute atomic E-state index is 0.0256. The average Bonchev–Trinajstić information content (AvgIpc) is 3.88. The highest BCUT2D eigenvalue weighted by atomic mass is 127. The van der Waals surface area contributed by atoms with E-state index in [1.807, 2.05) is 42.5 Å². The van der Waals surface area contributed by atoms with Crippen LogP contribution >= 0.6 is 34.2 Å². The Morgan fingerprint density at radius 2 is 1.67 bits per heavy atom. The number of hydrogen-bond acceptors (Lipinski definition) is 13. The molecule has 0 spiro atoms. The van der Waals surface area contributed by atoms with Gasteiger partial charge in [-0.3, -0.25) is 24.7 Å². The van der Waals surface area contributed by atoms with E-state index in [9.17, 15) is 24.0 Å². The summed E-state index contributed by atoms with van der Waals surface area (Å²) >= 11 is 7.96. The number of esters is 2. The van der Waals surface area contributed by atoms with Crippen molar-refractivity contribution in [1.29, 1.82) is 5.26 Å². The summed E-state index contributed by atoms with van der Waals surface area (Å²) < 4.78 is 26.0. The van der Waals surface area contributed by atoms with Gasteiger partial charge in [0.05, 0.1) is 42.7 Å². The van der Waals surface area contributed by atoms with Gasteiger partial charge in [0.15, 0.2) is 5.69 Å². The van der Waals surface area contributed by atoms with Crippen molar-refractivity contribution >= 4 is 74.6 Å². The molecule has 0 fully saturated rings. The van der Waals surface area contributed by atoms with Crippen LogP contribution in [0.1, 0.15) is 73.0 Å². The van der Waals surface area contributed by atoms with Crippen LogP contribution in [-0.2, 0) is 22.6 Å². The Hall–Kier alpha value is -6.14. The van der Waals surface area contributed by atoms with Gasteiger partial charge in [0.25, 0.3) is 5.91 Å². The third-order valence-electron chi connectivity index (χ3n) is 7.47. The molecular formula is C35H35ClFIN12O5. The number of hydrogen-bond donors (Lipinski definition) is 5. The van der Waals surface area contributed by atoms with Gasteiger partial charge in [-0.15, -0.1) is 0 Å². The molecule has 286 valence electrons. The van der Waals surface area contributed by atoms with Crippen molar-refractivity contribution < 1.29 is 28.2 Å². The molecule has 0 bridgehead atoms. The lowest BCUT2D eigenvalue weighted by Gasteiger charge is -2.11. The maximum atomic E-state index is 14.4. The lowest BCUT2D eigenvalue weighted by Crippen LogP contribution is -2.24. The standard InChI is InChI=1S/C23H19ClFN7O.C6H7IN2O2.C6H9N3O2/c1-12-3-21(27)30-13(2)17(12)9-29-23(33)18-11-32(31-20(18)7-26)10-14-4-15-6-16(24)8-28-22(15)19(25)5-14;2*1-2-11-6(10)4-3-8-9-5(4)7/h3-6,8,11H,9-10H2,1-2H3,(H2,27,30)(H,29,33);3H,2H2,1H3,(H,8,9);3H,2H2,1H3,(H3,7,8,9). The highest BCUT2D eigenvalue weighted by molar-refractivity contribution is 14.1. The fraction of sp³-hybridized carbons (Fsp3) is 0.229. The zero-order chi connectivity index (χ0) is 40.2. The normalized spacial score (nSPS) is 10.4. The van der Waals surface area contributed by atoms with Crippen molar-refractivity contribution in [2.24, 2.45) is 0 Å². The molecule has 6 rings (SSSR count). The molecule has 0 aliphatic rings. The van der Waals surface area contributed by atoms with E-state index in [1.54, 1.807) is 32.0 Å². The van der Waals surface area contributed by atoms with E-state index < -0.39 is 17.7 Å². The number of fused-ring (bicyclic) bond motifs is 1. The van der Waals surface area contributed by atoms with E-state index in [1.165, 1.54) is 35.5 Å². The monoisotopic (exact) mass is 884 g/mol. The maximum Gasteiger partial charge on any atom is 0.343 e. The number of carbonyl (C=O) groups excluding carboxylic acids is 3. The second-order valence-electron chi connectivity index (χ2n) is 11.4. The second kappa shape index (κ2) is 19.3. The Balaban J connectivity index is 0.000000248. The average molecular weight is 885 g/mol. The minimum atomic E-state index is -0.493. The number of halogens is 3. The van der Waals surface area contributed by atoms with Crippen LogP contribution in [0.15, 0.2) is 49.1 Å². The fourth-order valence-electron chi connectivity index (χ4n) is 4.97. The number of H-pyrrole nitrogens is 2. The summed E-state index contributed by atoms with van der Waals surface area (Å²) in [6.45, 7) is 8.30. The molecular weight excluding hydrogens is 850 g/mol. The number of carbonyl (C=O) groups is 3. The molecule has 0 saturated heterocycles. The van der Waals surface area contributed by atoms with Crippen LogP contribution in [0.25, 0.3) is 10.9 Å². The van der Waals surface area contributed by atoms with Gasteiger partial charge in [-0.1, -0.05) is 11.6 Å². The Morgan fingerprint density at radius 1 is 1.00 bits per heavy atom. The number of amides is 1. The number of pyridine rings is 2. The predicted molar refractivity (Wildman–Crippen MR) is 208 cm³/mol. The molecule has 1 amide bonds. The number of rotatable bonds is 9. The molecule has 17 nitrogen and oxygen atoms in total. The minimum Gasteiger partial charge on any atom is -0.462 e. The first kappa shape index (κ1) is 41.6. The van der Waals surface area contributed by atoms with E-state index >= 15 is 0 Å². The summed E-state index contributed by atoms with van der Waals surface area (Å²) in [6.07, 6.45) is 5.65. The van der Waals surface area contributed by atoms with E-state index in [-0.39, 0.29) is 47.2 Å². The molecule has 7 N–H and O–H groups in total. The van der Waals surface area contributed by atoms with Gasteiger partial charge < -0.3 is 26.3 Å². The van der Waals surface area contributed by atoms with Crippen molar-refractivity contribution in [2.45, 2.75) is 40.8 Å². The third kappa shape index (κ3) is 11.0. The smallest absolute Gasteiger partial charge is 0.343 e. The topological polar surface area (TPSA) is 258 Å². The third-order valence-corrected chi connectivity index (χ3v) is 8.50. The van der Waals surface area contributed by atoms with Crippen molar-refractivity contribution in [3.8, 4) is 6.07 Å². The molecule has 20 heteroatoms. The SMILES string of the molecule is CCOC(=O)c1cn[nH]c1I.CCOC(=O)c1cn[nH]c1N.Cc1cc(N)nc(C)c1CNC(=O)c1cn(Cc2cc(F)c3ncc(Cl)cc3c2)nc1C#N. The van der Waals surface area contributed by atoms with Crippen LogP contribution in [0, 0.1) is 34.7 Å². The van der Waals surface area contributed by atoms with Crippen molar-refractivity contribution in [2.75, 3.05) is 24.7 Å². The zero-order valence-electron chi connectivity index (χ0n) is 29.9. The van der Waals surface area contributed by atoms with Gasteiger partial charge in [0.1, 0.15) is 43.9 Å². The van der Waals surface area contributed by atoms with Crippen LogP contribution in [0.3, 0.4) is 0 Å². The Morgan fingerprint density at radius 3 is 2.27 bits per heavy atom. The number of aryl methyl sites for hydroxylation is 2. The highest BCUT2D eigenvalue weighted by Gasteiger charge is 2.18. The summed E-state index contributed by atoms with van der Waals surface area (Å²) in [5.41, 5.74) is 15.3. The molecule has 0 saturated carbocycles. The molecule has 0 unspecified atom stereocenters. The molecule has 5 aromatic heterocycles. The molecule has 6 aromatic rings. The summed E-state index contributed by atoms with van der Waals surface area (Å²) in [5.74, 6) is -1.06. The lowest BCUT2D eigenvalue weighted by atomic mass is 10.1. The molecule has 0 aliphatic carbocycles. The van der Waals surface area contributed by atoms with Gasteiger partial charge in [0, 0.05) is 30.0 Å². The molecule has 0 atom stereocenters. The lowest BCUT2D eigenvalue weighted by molar-refractivity contribution is 0.0516. The first-order valence-electron chi connectivity index (χ1n) is 16.3. The van der Waals surface area contributed by atoms with E-state index in [4.69, 9.17) is 27.8 Å². The Labute approximate surface area is 332 Å². The second-order valence-corrected chi connectivity index (χ2v) is 12.9. The number of nitrogens with two attached hydrogens (primary N) is 2. The van der Waals surface area contributed by atoms with Crippen molar-refractivity contribution in [3.05, 3.63) is 108 Å². The van der Waals surface area contributed by atoms with Crippen molar-refractivity contribution in [3.63, 3.8) is 0 Å². The molecule has 5 heterocycles. The summed E-state index contributed by atoms with van der Waals surface area (Å²) in [6, 6.07) is 8.38. The largest absolute Gasteiger partial charge is 0.462 e. The Kier molecular flexibility index (Phi) is 14.6. The fourth-order valence-corrected chi connectivity index (χ4v) is 5.64. The van der Waals surface area contributed by atoms with Gasteiger partial charge in [-0.05, 0) is 91.2 Å². The first-order chi connectivity index (χ1) is 26.3. The number of aromatic nitrogens is 8. The summed E-state index contributed by atoms with van der Waals surface area (Å²) in [4.78, 5) is 43.0. The molecule has 1 aromatic carbocycles. The van der Waals surface area contributed by atoms with Crippen LogP contribution in [-0.4, -0.2) is 71.2 Å². The quantitative estimate of drug-likeness (QED) is 0.0945. The molecule has 55 heavy (non-hydrogen) atoms. The van der Waals surface area contributed by atoms with Crippen molar-refractivity contribution in [1.82, 2.24) is 45.5 Å². The molecule has 0 radical (unpaired) electrons. The summed E-state index contributed by atoms with van der Waals surface area (Å²) in [5, 5.41) is 29.7. The maximum absolute atomic E-state index is 14.4. The van der Waals surface area contributed by atoms with E-state index in [0.29, 0.717) is 44.3 Å². The van der Waals surface area contributed by atoms with Gasteiger partial charge in [-0.25, -0.2) is 19.0 Å². The van der Waals surface area contributed by atoms with Crippen LogP contribution in [0.2, 0.25) is 5.02 Å². The highest BCUT2D eigenvalue weighted by Crippen LogP contribution is 2.22. The van der Waals surface area contributed by atoms with Crippen LogP contribution in [0.4, 0.5) is 16.0 Å². The number of benzene rings is 1. The van der Waals surface area contributed by atoms with Crippen LogP contribution in [0.5, 0.6) is 0 Å². The number of aromatic amines is 2. The van der Waals surface area contributed by atoms with Gasteiger partial charge in [0.2, 0.25) is 0 Å². The van der Waals surface area contributed by atoms with E-state index in [2.05, 4.69) is 45.5 Å². The van der Waals surface area contributed by atoms with Crippen LogP contribution < -0.4 is 16.8 Å². The number of nitrogens with one attached hydrogen (secondary N) is 3. The zero-order valence-corrected chi connectivity index (χ0v) is 32.8. The molecule has 0 aliphatic heterocycles. The van der Waals surface area contributed by atoms with E-state index in [0.717, 1.165) is 16.8 Å². The number of nitriles is 1. The number of ether oxygens (including phenoxy) is 2. The summed E-state index contributed by atoms with van der Waals surface area (Å²) in [7, 11) is 0.